The largest absolute Gasteiger partial charge is 0.504 e. The van der Waals surface area contributed by atoms with Crippen LogP contribution in [-0.2, 0) is 9.59 Å². The highest BCUT2D eigenvalue weighted by atomic mass is 16.3. The van der Waals surface area contributed by atoms with Gasteiger partial charge in [0.2, 0.25) is 0 Å². The first-order valence-electron chi connectivity index (χ1n) is 6.62. The maximum atomic E-state index is 11.7. The van der Waals surface area contributed by atoms with Crippen molar-refractivity contribution in [3.8, 4) is 11.5 Å². The molecular formula is C17H15NO4. The zero-order valence-electron chi connectivity index (χ0n) is 11.7. The molecule has 5 heteroatoms. The SMILES string of the molecule is O=C(/C=C/c1ccc(O)c(O)c1)CC(=O)/C=C/c1ccc[nH]1. The van der Waals surface area contributed by atoms with E-state index < -0.39 is 0 Å². The topological polar surface area (TPSA) is 90.4 Å². The lowest BCUT2D eigenvalue weighted by molar-refractivity contribution is -0.121. The highest BCUT2D eigenvalue weighted by Crippen LogP contribution is 2.25. The van der Waals surface area contributed by atoms with Crippen LogP contribution in [0.3, 0.4) is 0 Å². The molecule has 0 fully saturated rings. The molecular weight excluding hydrogens is 282 g/mol. The summed E-state index contributed by atoms with van der Waals surface area (Å²) >= 11 is 0. The predicted molar refractivity (Wildman–Crippen MR) is 83.3 cm³/mol. The van der Waals surface area contributed by atoms with E-state index in [1.54, 1.807) is 18.3 Å². The second-order valence-electron chi connectivity index (χ2n) is 4.65. The Labute approximate surface area is 127 Å². The number of hydrogen-bond acceptors (Lipinski definition) is 4. The minimum atomic E-state index is -0.339. The van der Waals surface area contributed by atoms with Crippen molar-refractivity contribution in [1.29, 1.82) is 0 Å². The number of aromatic nitrogens is 1. The summed E-state index contributed by atoms with van der Waals surface area (Å²) in [5.74, 6) is -1.13. The van der Waals surface area contributed by atoms with Crippen LogP contribution < -0.4 is 0 Å². The number of aromatic amines is 1. The molecule has 2 rings (SSSR count). The van der Waals surface area contributed by atoms with Gasteiger partial charge in [-0.1, -0.05) is 12.1 Å². The molecule has 5 nitrogen and oxygen atoms in total. The number of carbonyl (C=O) groups excluding carboxylic acids is 2. The van der Waals surface area contributed by atoms with Crippen molar-refractivity contribution >= 4 is 23.7 Å². The summed E-state index contributed by atoms with van der Waals surface area (Å²) in [4.78, 5) is 26.2. The van der Waals surface area contributed by atoms with Gasteiger partial charge in [-0.15, -0.1) is 0 Å². The third-order valence-corrected chi connectivity index (χ3v) is 2.88. The predicted octanol–water partition coefficient (Wildman–Crippen LogP) is 2.68. The molecule has 0 spiro atoms. The minimum absolute atomic E-state index is 0.224. The van der Waals surface area contributed by atoms with E-state index in [1.807, 2.05) is 12.1 Å². The lowest BCUT2D eigenvalue weighted by Crippen LogP contribution is -2.01. The Morgan fingerprint density at radius 1 is 1.00 bits per heavy atom. The van der Waals surface area contributed by atoms with Crippen LogP contribution in [0.4, 0.5) is 0 Å². The van der Waals surface area contributed by atoms with Crippen LogP contribution in [0.1, 0.15) is 17.7 Å². The number of allylic oxidation sites excluding steroid dienone is 2. The molecule has 0 amide bonds. The monoisotopic (exact) mass is 297 g/mol. The molecule has 0 bridgehead atoms. The molecule has 3 N–H and O–H groups in total. The van der Waals surface area contributed by atoms with Gasteiger partial charge in [0.15, 0.2) is 23.1 Å². The van der Waals surface area contributed by atoms with Crippen molar-refractivity contribution in [3.05, 3.63) is 59.9 Å². The molecule has 0 aliphatic carbocycles. The molecule has 1 heterocycles. The van der Waals surface area contributed by atoms with Gasteiger partial charge in [0.25, 0.3) is 0 Å². The van der Waals surface area contributed by atoms with Crippen molar-refractivity contribution < 1.29 is 19.8 Å². The van der Waals surface area contributed by atoms with Gasteiger partial charge in [-0.25, -0.2) is 0 Å². The minimum Gasteiger partial charge on any atom is -0.504 e. The molecule has 0 unspecified atom stereocenters. The van der Waals surface area contributed by atoms with E-state index in [0.717, 1.165) is 5.69 Å². The van der Waals surface area contributed by atoms with Crippen LogP contribution in [0.2, 0.25) is 0 Å². The molecule has 0 atom stereocenters. The maximum Gasteiger partial charge on any atom is 0.163 e. The second-order valence-corrected chi connectivity index (χ2v) is 4.65. The summed E-state index contributed by atoms with van der Waals surface area (Å²) in [6.07, 6.45) is 7.22. The fraction of sp³-hybridized carbons (Fsp3) is 0.0588. The lowest BCUT2D eigenvalue weighted by Gasteiger charge is -1.98. The van der Waals surface area contributed by atoms with Crippen molar-refractivity contribution in [1.82, 2.24) is 4.98 Å². The first kappa shape index (κ1) is 15.3. The van der Waals surface area contributed by atoms with Gasteiger partial charge >= 0.3 is 0 Å². The molecule has 0 saturated carbocycles. The number of phenolic OH excluding ortho intramolecular Hbond substituents is 2. The summed E-state index contributed by atoms with van der Waals surface area (Å²) in [5.41, 5.74) is 1.34. The summed E-state index contributed by atoms with van der Waals surface area (Å²) in [6, 6.07) is 7.81. The maximum absolute atomic E-state index is 11.7. The third kappa shape index (κ3) is 4.49. The quantitative estimate of drug-likeness (QED) is 0.434. The van der Waals surface area contributed by atoms with Crippen molar-refractivity contribution in [2.45, 2.75) is 6.42 Å². The molecule has 2 aromatic rings. The zero-order chi connectivity index (χ0) is 15.9. The van der Waals surface area contributed by atoms with E-state index in [2.05, 4.69) is 4.98 Å². The number of H-pyrrole nitrogens is 1. The van der Waals surface area contributed by atoms with E-state index in [-0.39, 0.29) is 29.5 Å². The second kappa shape index (κ2) is 7.08. The van der Waals surface area contributed by atoms with Crippen molar-refractivity contribution in [2.24, 2.45) is 0 Å². The lowest BCUT2D eigenvalue weighted by atomic mass is 10.1. The van der Waals surface area contributed by atoms with Crippen molar-refractivity contribution in [2.75, 3.05) is 0 Å². The number of phenols is 2. The number of rotatable bonds is 6. The van der Waals surface area contributed by atoms with Crippen LogP contribution in [0.25, 0.3) is 12.2 Å². The number of nitrogens with one attached hydrogen (secondary N) is 1. The fourth-order valence-corrected chi connectivity index (χ4v) is 1.75. The van der Waals surface area contributed by atoms with Gasteiger partial charge < -0.3 is 15.2 Å². The third-order valence-electron chi connectivity index (χ3n) is 2.88. The van der Waals surface area contributed by atoms with E-state index >= 15 is 0 Å². The van der Waals surface area contributed by atoms with Gasteiger partial charge in [-0.2, -0.15) is 0 Å². The van der Waals surface area contributed by atoms with E-state index in [0.29, 0.717) is 5.56 Å². The smallest absolute Gasteiger partial charge is 0.163 e. The van der Waals surface area contributed by atoms with Crippen LogP contribution in [0.5, 0.6) is 11.5 Å². The van der Waals surface area contributed by atoms with Crippen LogP contribution in [0, 0.1) is 0 Å². The van der Waals surface area contributed by atoms with Gasteiger partial charge in [0.05, 0.1) is 6.42 Å². The number of carbonyl (C=O) groups is 2. The fourth-order valence-electron chi connectivity index (χ4n) is 1.75. The first-order chi connectivity index (χ1) is 10.5. The Hall–Kier alpha value is -3.08. The highest BCUT2D eigenvalue weighted by molar-refractivity contribution is 6.10. The zero-order valence-corrected chi connectivity index (χ0v) is 11.7. The normalized spacial score (nSPS) is 11.3. The van der Waals surface area contributed by atoms with Crippen molar-refractivity contribution in [3.63, 3.8) is 0 Å². The molecule has 0 saturated heterocycles. The molecule has 1 aromatic carbocycles. The molecule has 0 aliphatic rings. The van der Waals surface area contributed by atoms with Gasteiger partial charge in [0.1, 0.15) is 0 Å². The van der Waals surface area contributed by atoms with E-state index in [9.17, 15) is 19.8 Å². The Morgan fingerprint density at radius 2 is 1.73 bits per heavy atom. The van der Waals surface area contributed by atoms with Crippen LogP contribution >= 0.6 is 0 Å². The Morgan fingerprint density at radius 3 is 2.36 bits per heavy atom. The molecule has 1 aromatic heterocycles. The Bertz CT molecular complexity index is 727. The Balaban J connectivity index is 1.90. The molecule has 112 valence electrons. The van der Waals surface area contributed by atoms with Gasteiger partial charge in [0, 0.05) is 11.9 Å². The molecule has 0 radical (unpaired) electrons. The summed E-state index contributed by atoms with van der Waals surface area (Å²) in [7, 11) is 0. The van der Waals surface area contributed by atoms with E-state index in [4.69, 9.17) is 0 Å². The van der Waals surface area contributed by atoms with Crippen LogP contribution in [0.15, 0.2) is 48.7 Å². The summed E-state index contributed by atoms with van der Waals surface area (Å²) in [5, 5.41) is 18.5. The van der Waals surface area contributed by atoms with Crippen LogP contribution in [-0.4, -0.2) is 26.8 Å². The summed E-state index contributed by atoms with van der Waals surface area (Å²) < 4.78 is 0. The number of benzene rings is 1. The van der Waals surface area contributed by atoms with E-state index in [1.165, 1.54) is 30.4 Å². The first-order valence-corrected chi connectivity index (χ1v) is 6.62. The number of aromatic hydroxyl groups is 2. The van der Waals surface area contributed by atoms with Gasteiger partial charge in [-0.05, 0) is 48.1 Å². The number of ketones is 2. The summed E-state index contributed by atoms with van der Waals surface area (Å²) in [6.45, 7) is 0. The highest BCUT2D eigenvalue weighted by Gasteiger charge is 2.04. The average molecular weight is 297 g/mol. The van der Waals surface area contributed by atoms with Gasteiger partial charge in [-0.3, -0.25) is 9.59 Å². The number of hydrogen-bond donors (Lipinski definition) is 3. The standard InChI is InChI=1S/C17H15NO4/c19-14(6-3-12-4-8-16(21)17(22)10-12)11-15(20)7-5-13-2-1-9-18-13/h1-10,18,21-22H,11H2/b6-3+,7-5+. The Kier molecular flexibility index (Phi) is 4.93. The molecule has 22 heavy (non-hydrogen) atoms. The molecule has 0 aliphatic heterocycles. The average Bonchev–Trinajstić information content (AvgIpc) is 3.00.